The highest BCUT2D eigenvalue weighted by Gasteiger charge is 2.17. The van der Waals surface area contributed by atoms with Crippen molar-refractivity contribution in [2.24, 2.45) is 0 Å². The van der Waals surface area contributed by atoms with Crippen LogP contribution in [0.25, 0.3) is 11.3 Å². The summed E-state index contributed by atoms with van der Waals surface area (Å²) in [4.78, 5) is 11.3. The van der Waals surface area contributed by atoms with Crippen LogP contribution in [0.5, 0.6) is 0 Å². The van der Waals surface area contributed by atoms with Crippen LogP contribution in [-0.4, -0.2) is 29.4 Å². The van der Waals surface area contributed by atoms with Gasteiger partial charge in [-0.15, -0.1) is 0 Å². The van der Waals surface area contributed by atoms with E-state index in [1.54, 1.807) is 13.2 Å². The molecule has 0 aliphatic heterocycles. The summed E-state index contributed by atoms with van der Waals surface area (Å²) in [5.74, 6) is -0.884. The molecule has 20 heavy (non-hydrogen) atoms. The quantitative estimate of drug-likeness (QED) is 0.822. The fourth-order valence-electron chi connectivity index (χ4n) is 2.36. The molecule has 1 N–H and O–H groups in total. The third-order valence-electron chi connectivity index (χ3n) is 3.40. The first-order chi connectivity index (χ1) is 9.65. The number of hydrogen-bond acceptors (Lipinski definition) is 2. The standard InChI is InChI=1S/C16H19NO3/c1-12-14(16(18)19)11-15(13-7-4-3-5-8-13)17(12)9-6-10-20-2/h3-5,7-8,11H,6,9-10H2,1-2H3,(H,18,19). The molecule has 0 saturated heterocycles. The second kappa shape index (κ2) is 6.39. The van der Waals surface area contributed by atoms with Crippen molar-refractivity contribution in [3.63, 3.8) is 0 Å². The maximum absolute atomic E-state index is 11.3. The van der Waals surface area contributed by atoms with Crippen molar-refractivity contribution >= 4 is 5.97 Å². The van der Waals surface area contributed by atoms with Crippen molar-refractivity contribution in [3.8, 4) is 11.3 Å². The Hall–Kier alpha value is -2.07. The van der Waals surface area contributed by atoms with Gasteiger partial charge in [-0.2, -0.15) is 0 Å². The first-order valence-corrected chi connectivity index (χ1v) is 6.63. The average molecular weight is 273 g/mol. The SMILES string of the molecule is COCCCn1c(-c2ccccc2)cc(C(=O)O)c1C. The van der Waals surface area contributed by atoms with Gasteiger partial charge in [-0.3, -0.25) is 0 Å². The molecule has 4 nitrogen and oxygen atoms in total. The second-order valence-corrected chi connectivity index (χ2v) is 4.70. The van der Waals surface area contributed by atoms with Crippen LogP contribution in [0.1, 0.15) is 22.5 Å². The number of benzene rings is 1. The number of carbonyl (C=O) groups is 1. The summed E-state index contributed by atoms with van der Waals surface area (Å²) in [6.07, 6.45) is 0.852. The summed E-state index contributed by atoms with van der Waals surface area (Å²) in [5.41, 5.74) is 3.12. The van der Waals surface area contributed by atoms with Crippen LogP contribution in [0.2, 0.25) is 0 Å². The van der Waals surface area contributed by atoms with Gasteiger partial charge in [0, 0.05) is 31.6 Å². The maximum Gasteiger partial charge on any atom is 0.337 e. The lowest BCUT2D eigenvalue weighted by molar-refractivity contribution is 0.0696. The Bertz CT molecular complexity index is 587. The molecule has 4 heteroatoms. The van der Waals surface area contributed by atoms with Gasteiger partial charge in [-0.25, -0.2) is 4.79 Å². The van der Waals surface area contributed by atoms with Crippen molar-refractivity contribution in [3.05, 3.63) is 47.7 Å². The van der Waals surface area contributed by atoms with Gasteiger partial charge in [0.15, 0.2) is 0 Å². The van der Waals surface area contributed by atoms with Crippen LogP contribution in [0.4, 0.5) is 0 Å². The average Bonchev–Trinajstić information content (AvgIpc) is 2.78. The van der Waals surface area contributed by atoms with E-state index < -0.39 is 5.97 Å². The number of methoxy groups -OCH3 is 1. The van der Waals surface area contributed by atoms with E-state index in [-0.39, 0.29) is 0 Å². The van der Waals surface area contributed by atoms with E-state index in [9.17, 15) is 9.90 Å². The van der Waals surface area contributed by atoms with E-state index in [0.29, 0.717) is 12.2 Å². The molecular formula is C16H19NO3. The summed E-state index contributed by atoms with van der Waals surface area (Å²) in [7, 11) is 1.67. The maximum atomic E-state index is 11.3. The van der Waals surface area contributed by atoms with Gasteiger partial charge < -0.3 is 14.4 Å². The zero-order valence-electron chi connectivity index (χ0n) is 11.8. The van der Waals surface area contributed by atoms with E-state index in [1.165, 1.54) is 0 Å². The lowest BCUT2D eigenvalue weighted by Gasteiger charge is -2.11. The van der Waals surface area contributed by atoms with E-state index in [1.807, 2.05) is 37.3 Å². The van der Waals surface area contributed by atoms with Gasteiger partial charge in [0.05, 0.1) is 5.56 Å². The van der Waals surface area contributed by atoms with Crippen LogP contribution in [0.3, 0.4) is 0 Å². The zero-order chi connectivity index (χ0) is 14.5. The van der Waals surface area contributed by atoms with Crippen LogP contribution in [-0.2, 0) is 11.3 Å². The Labute approximate surface area is 118 Å². The van der Waals surface area contributed by atoms with E-state index >= 15 is 0 Å². The normalized spacial score (nSPS) is 10.7. The highest BCUT2D eigenvalue weighted by atomic mass is 16.5. The number of ether oxygens (including phenoxy) is 1. The molecular weight excluding hydrogens is 254 g/mol. The highest BCUT2D eigenvalue weighted by Crippen LogP contribution is 2.26. The lowest BCUT2D eigenvalue weighted by Crippen LogP contribution is -2.06. The number of carboxylic acids is 1. The van der Waals surface area contributed by atoms with Crippen LogP contribution >= 0.6 is 0 Å². The summed E-state index contributed by atoms with van der Waals surface area (Å²) >= 11 is 0. The minimum Gasteiger partial charge on any atom is -0.478 e. The predicted octanol–water partition coefficient (Wildman–Crippen LogP) is 3.20. The minimum absolute atomic E-state index is 0.362. The Kier molecular flexibility index (Phi) is 4.58. The molecule has 2 rings (SSSR count). The van der Waals surface area contributed by atoms with Gasteiger partial charge in [0.25, 0.3) is 0 Å². The van der Waals surface area contributed by atoms with Crippen LogP contribution in [0, 0.1) is 6.92 Å². The summed E-state index contributed by atoms with van der Waals surface area (Å²) < 4.78 is 7.13. The number of aromatic carboxylic acids is 1. The topological polar surface area (TPSA) is 51.5 Å². The number of carboxylic acid groups (broad SMARTS) is 1. The molecule has 0 fully saturated rings. The van der Waals surface area contributed by atoms with Crippen molar-refractivity contribution in [1.82, 2.24) is 4.57 Å². The van der Waals surface area contributed by atoms with Gasteiger partial charge in [0.1, 0.15) is 0 Å². The third-order valence-corrected chi connectivity index (χ3v) is 3.40. The molecule has 0 amide bonds. The highest BCUT2D eigenvalue weighted by molar-refractivity contribution is 5.91. The largest absolute Gasteiger partial charge is 0.478 e. The van der Waals surface area contributed by atoms with Gasteiger partial charge in [0.2, 0.25) is 0 Å². The third kappa shape index (κ3) is 2.91. The predicted molar refractivity (Wildman–Crippen MR) is 78.1 cm³/mol. The Morgan fingerprint density at radius 2 is 2.00 bits per heavy atom. The number of nitrogens with zero attached hydrogens (tertiary/aromatic N) is 1. The number of hydrogen-bond donors (Lipinski definition) is 1. The van der Waals surface area contributed by atoms with Crippen molar-refractivity contribution in [2.75, 3.05) is 13.7 Å². The smallest absolute Gasteiger partial charge is 0.337 e. The number of rotatable bonds is 6. The molecule has 1 heterocycles. The van der Waals surface area contributed by atoms with Crippen LogP contribution in [0.15, 0.2) is 36.4 Å². The fourth-order valence-corrected chi connectivity index (χ4v) is 2.36. The number of aromatic nitrogens is 1. The van der Waals surface area contributed by atoms with Gasteiger partial charge >= 0.3 is 5.97 Å². The first-order valence-electron chi connectivity index (χ1n) is 6.63. The Balaban J connectivity index is 2.43. The van der Waals surface area contributed by atoms with Crippen molar-refractivity contribution in [2.45, 2.75) is 19.9 Å². The molecule has 0 unspecified atom stereocenters. The summed E-state index contributed by atoms with van der Waals surface area (Å²) in [6, 6.07) is 11.6. The van der Waals surface area contributed by atoms with E-state index in [2.05, 4.69) is 4.57 Å². The second-order valence-electron chi connectivity index (χ2n) is 4.70. The first kappa shape index (κ1) is 14.3. The van der Waals surface area contributed by atoms with E-state index in [4.69, 9.17) is 4.74 Å². The van der Waals surface area contributed by atoms with E-state index in [0.717, 1.165) is 29.9 Å². The fraction of sp³-hybridized carbons (Fsp3) is 0.312. The van der Waals surface area contributed by atoms with Crippen molar-refractivity contribution in [1.29, 1.82) is 0 Å². The Morgan fingerprint density at radius 1 is 1.30 bits per heavy atom. The molecule has 0 aliphatic rings. The minimum atomic E-state index is -0.884. The Morgan fingerprint density at radius 3 is 2.60 bits per heavy atom. The van der Waals surface area contributed by atoms with Gasteiger partial charge in [-0.1, -0.05) is 30.3 Å². The summed E-state index contributed by atoms with van der Waals surface area (Å²) in [5, 5.41) is 9.28. The molecule has 1 aromatic carbocycles. The molecule has 0 atom stereocenters. The molecule has 0 radical (unpaired) electrons. The lowest BCUT2D eigenvalue weighted by atomic mass is 10.1. The molecule has 2 aromatic rings. The summed E-state index contributed by atoms with van der Waals surface area (Å²) in [6.45, 7) is 3.26. The molecule has 106 valence electrons. The zero-order valence-corrected chi connectivity index (χ0v) is 11.8. The monoisotopic (exact) mass is 273 g/mol. The molecule has 0 saturated carbocycles. The molecule has 0 bridgehead atoms. The van der Waals surface area contributed by atoms with Crippen molar-refractivity contribution < 1.29 is 14.6 Å². The molecule has 0 aliphatic carbocycles. The molecule has 1 aromatic heterocycles. The molecule has 0 spiro atoms. The van der Waals surface area contributed by atoms with Crippen LogP contribution < -0.4 is 0 Å². The van der Waals surface area contributed by atoms with Gasteiger partial charge in [-0.05, 0) is 25.0 Å².